The first-order valence-corrected chi connectivity index (χ1v) is 6.35. The van der Waals surface area contributed by atoms with Gasteiger partial charge in [-0.05, 0) is 25.1 Å². The third kappa shape index (κ3) is 2.47. The Labute approximate surface area is 110 Å². The topological polar surface area (TPSA) is 51.6 Å². The molecule has 0 aliphatic heterocycles. The second-order valence-electron chi connectivity index (χ2n) is 3.84. The number of benzene rings is 1. The van der Waals surface area contributed by atoms with Crippen LogP contribution >= 0.6 is 11.3 Å². The van der Waals surface area contributed by atoms with Crippen molar-refractivity contribution in [2.24, 2.45) is 0 Å². The fourth-order valence-electron chi connectivity index (χ4n) is 1.68. The van der Waals surface area contributed by atoms with E-state index in [0.29, 0.717) is 22.1 Å². The summed E-state index contributed by atoms with van der Waals surface area (Å²) in [5, 5.41) is 12.9. The number of aliphatic hydroxyl groups excluding tert-OH is 1. The average molecular weight is 265 g/mol. The molecule has 0 aliphatic rings. The molecule has 1 heterocycles. The number of ether oxygens (including phenoxy) is 2. The quantitative estimate of drug-likeness (QED) is 0.923. The summed E-state index contributed by atoms with van der Waals surface area (Å²) in [4.78, 5) is 4.29. The van der Waals surface area contributed by atoms with Crippen LogP contribution in [0.15, 0.2) is 23.6 Å². The molecule has 0 radical (unpaired) electrons. The highest BCUT2D eigenvalue weighted by Crippen LogP contribution is 2.34. The van der Waals surface area contributed by atoms with Gasteiger partial charge in [-0.2, -0.15) is 0 Å². The second kappa shape index (κ2) is 5.37. The Morgan fingerprint density at radius 2 is 2.06 bits per heavy atom. The fraction of sp³-hybridized carbons (Fsp3) is 0.308. The standard InChI is InChI=1S/C13H15NO3S/c1-8-7-18-13(14-8)12(15)10-6-9(16-2)4-5-11(10)17-3/h4-7,12,15H,1-3H3. The normalized spacial score (nSPS) is 12.2. The van der Waals surface area contributed by atoms with Gasteiger partial charge in [0.25, 0.3) is 0 Å². The van der Waals surface area contributed by atoms with E-state index in [2.05, 4.69) is 4.98 Å². The molecule has 0 fully saturated rings. The molecule has 1 N–H and O–H groups in total. The van der Waals surface area contributed by atoms with E-state index in [1.165, 1.54) is 11.3 Å². The van der Waals surface area contributed by atoms with Gasteiger partial charge in [0.1, 0.15) is 22.6 Å². The summed E-state index contributed by atoms with van der Waals surface area (Å²) in [6.45, 7) is 1.90. The van der Waals surface area contributed by atoms with Crippen LogP contribution in [0.5, 0.6) is 11.5 Å². The minimum absolute atomic E-state index is 0.621. The summed E-state index contributed by atoms with van der Waals surface area (Å²) in [6.07, 6.45) is -0.797. The van der Waals surface area contributed by atoms with Crippen LogP contribution in [0.4, 0.5) is 0 Å². The maximum Gasteiger partial charge on any atom is 0.134 e. The van der Waals surface area contributed by atoms with Crippen LogP contribution in [0, 0.1) is 6.92 Å². The lowest BCUT2D eigenvalue weighted by atomic mass is 10.1. The van der Waals surface area contributed by atoms with Crippen molar-refractivity contribution in [1.29, 1.82) is 0 Å². The largest absolute Gasteiger partial charge is 0.497 e. The lowest BCUT2D eigenvalue weighted by molar-refractivity contribution is 0.213. The van der Waals surface area contributed by atoms with Gasteiger partial charge in [0.05, 0.1) is 14.2 Å². The van der Waals surface area contributed by atoms with Crippen LogP contribution in [-0.2, 0) is 0 Å². The Bertz CT molecular complexity index is 539. The Hall–Kier alpha value is -1.59. The first-order chi connectivity index (χ1) is 8.65. The lowest BCUT2D eigenvalue weighted by Crippen LogP contribution is -2.02. The van der Waals surface area contributed by atoms with E-state index in [-0.39, 0.29) is 0 Å². The van der Waals surface area contributed by atoms with Gasteiger partial charge in [-0.15, -0.1) is 11.3 Å². The van der Waals surface area contributed by atoms with Crippen molar-refractivity contribution < 1.29 is 14.6 Å². The van der Waals surface area contributed by atoms with Gasteiger partial charge in [-0.1, -0.05) is 0 Å². The van der Waals surface area contributed by atoms with Crippen LogP contribution in [0.25, 0.3) is 0 Å². The number of thiazole rings is 1. The van der Waals surface area contributed by atoms with Crippen molar-refractivity contribution in [1.82, 2.24) is 4.98 Å². The summed E-state index contributed by atoms with van der Waals surface area (Å²) < 4.78 is 10.4. The zero-order valence-electron chi connectivity index (χ0n) is 10.5. The lowest BCUT2D eigenvalue weighted by Gasteiger charge is -2.14. The van der Waals surface area contributed by atoms with Crippen molar-refractivity contribution in [2.75, 3.05) is 14.2 Å². The zero-order valence-corrected chi connectivity index (χ0v) is 11.3. The van der Waals surface area contributed by atoms with E-state index in [1.807, 2.05) is 12.3 Å². The Morgan fingerprint density at radius 3 is 2.61 bits per heavy atom. The molecular weight excluding hydrogens is 250 g/mol. The van der Waals surface area contributed by atoms with E-state index in [1.54, 1.807) is 32.4 Å². The third-order valence-corrected chi connectivity index (χ3v) is 3.62. The molecule has 96 valence electrons. The Kier molecular flexibility index (Phi) is 3.84. The SMILES string of the molecule is COc1ccc(OC)c(C(O)c2nc(C)cs2)c1. The molecule has 4 nitrogen and oxygen atoms in total. The van der Waals surface area contributed by atoms with Crippen LogP contribution < -0.4 is 9.47 Å². The first-order valence-electron chi connectivity index (χ1n) is 5.47. The second-order valence-corrected chi connectivity index (χ2v) is 4.73. The summed E-state index contributed by atoms with van der Waals surface area (Å²) in [5.41, 5.74) is 1.56. The molecule has 0 saturated carbocycles. The molecule has 0 bridgehead atoms. The number of hydrogen-bond acceptors (Lipinski definition) is 5. The molecule has 1 aromatic heterocycles. The molecule has 18 heavy (non-hydrogen) atoms. The van der Waals surface area contributed by atoms with Gasteiger partial charge >= 0.3 is 0 Å². The van der Waals surface area contributed by atoms with Gasteiger partial charge in [0, 0.05) is 16.6 Å². The number of aromatic nitrogens is 1. The summed E-state index contributed by atoms with van der Waals surface area (Å²) >= 11 is 1.43. The highest BCUT2D eigenvalue weighted by molar-refractivity contribution is 7.09. The van der Waals surface area contributed by atoms with E-state index >= 15 is 0 Å². The summed E-state index contributed by atoms with van der Waals surface area (Å²) in [5.74, 6) is 1.30. The molecule has 0 amide bonds. The van der Waals surface area contributed by atoms with Gasteiger partial charge in [0.2, 0.25) is 0 Å². The van der Waals surface area contributed by atoms with Crippen LogP contribution in [0.1, 0.15) is 22.4 Å². The fourth-order valence-corrected chi connectivity index (χ4v) is 2.48. The summed E-state index contributed by atoms with van der Waals surface area (Å²) in [6, 6.07) is 5.33. The number of nitrogens with zero attached hydrogens (tertiary/aromatic N) is 1. The molecule has 1 aromatic carbocycles. The molecule has 1 atom stereocenters. The van der Waals surface area contributed by atoms with Gasteiger partial charge < -0.3 is 14.6 Å². The molecule has 0 aliphatic carbocycles. The van der Waals surface area contributed by atoms with Crippen LogP contribution in [0.2, 0.25) is 0 Å². The van der Waals surface area contributed by atoms with Crippen molar-refractivity contribution in [3.8, 4) is 11.5 Å². The van der Waals surface area contributed by atoms with Crippen molar-refractivity contribution >= 4 is 11.3 Å². The number of methoxy groups -OCH3 is 2. The minimum Gasteiger partial charge on any atom is -0.497 e. The highest BCUT2D eigenvalue weighted by atomic mass is 32.1. The monoisotopic (exact) mass is 265 g/mol. The average Bonchev–Trinajstić information content (AvgIpc) is 2.83. The van der Waals surface area contributed by atoms with Gasteiger partial charge in [0.15, 0.2) is 0 Å². The van der Waals surface area contributed by atoms with Crippen LogP contribution in [-0.4, -0.2) is 24.3 Å². The third-order valence-electron chi connectivity index (χ3n) is 2.60. The molecule has 1 unspecified atom stereocenters. The number of rotatable bonds is 4. The van der Waals surface area contributed by atoms with Crippen molar-refractivity contribution in [2.45, 2.75) is 13.0 Å². The number of hydrogen-bond donors (Lipinski definition) is 1. The molecular formula is C13H15NO3S. The summed E-state index contributed by atoms with van der Waals surface area (Å²) in [7, 11) is 3.16. The van der Waals surface area contributed by atoms with E-state index in [0.717, 1.165) is 5.69 Å². The van der Waals surface area contributed by atoms with E-state index in [9.17, 15) is 5.11 Å². The molecule has 0 saturated heterocycles. The predicted molar refractivity (Wildman–Crippen MR) is 70.5 cm³/mol. The van der Waals surface area contributed by atoms with E-state index in [4.69, 9.17) is 9.47 Å². The maximum absolute atomic E-state index is 10.3. The number of aliphatic hydroxyl groups is 1. The van der Waals surface area contributed by atoms with Gasteiger partial charge in [-0.3, -0.25) is 0 Å². The Balaban J connectivity index is 2.41. The van der Waals surface area contributed by atoms with Crippen LogP contribution in [0.3, 0.4) is 0 Å². The zero-order chi connectivity index (χ0) is 13.1. The van der Waals surface area contributed by atoms with Crippen molar-refractivity contribution in [3.63, 3.8) is 0 Å². The van der Waals surface area contributed by atoms with Gasteiger partial charge in [-0.25, -0.2) is 4.98 Å². The minimum atomic E-state index is -0.797. The van der Waals surface area contributed by atoms with Crippen molar-refractivity contribution in [3.05, 3.63) is 39.8 Å². The predicted octanol–water partition coefficient (Wildman–Crippen LogP) is 2.55. The highest BCUT2D eigenvalue weighted by Gasteiger charge is 2.19. The molecule has 5 heteroatoms. The molecule has 0 spiro atoms. The van der Waals surface area contributed by atoms with E-state index < -0.39 is 6.10 Å². The first kappa shape index (κ1) is 12.9. The maximum atomic E-state index is 10.3. The Morgan fingerprint density at radius 1 is 1.28 bits per heavy atom. The smallest absolute Gasteiger partial charge is 0.134 e. The molecule has 2 rings (SSSR count). The molecule has 2 aromatic rings. The number of aryl methyl sites for hydroxylation is 1.